The van der Waals surface area contributed by atoms with Crippen LogP contribution in [0.1, 0.15) is 48.9 Å². The highest BCUT2D eigenvalue weighted by Crippen LogP contribution is 2.42. The lowest BCUT2D eigenvalue weighted by Crippen LogP contribution is -2.09. The van der Waals surface area contributed by atoms with Crippen LogP contribution in [-0.4, -0.2) is 0 Å². The Bertz CT molecular complexity index is 292. The van der Waals surface area contributed by atoms with Crippen LogP contribution in [0.2, 0.25) is 0 Å². The molecule has 0 N–H and O–H groups in total. The molecule has 1 aromatic heterocycles. The van der Waals surface area contributed by atoms with Crippen molar-refractivity contribution in [3.8, 4) is 0 Å². The minimum atomic E-state index is 0.524. The number of thiophene rings is 1. The largest absolute Gasteiger partial charge is 0.145 e. The van der Waals surface area contributed by atoms with Gasteiger partial charge in [0.15, 0.2) is 0 Å². The van der Waals surface area contributed by atoms with E-state index < -0.39 is 0 Å². The first-order chi connectivity index (χ1) is 5.98. The molecule has 2 rings (SSSR count). The van der Waals surface area contributed by atoms with E-state index in [0.29, 0.717) is 11.3 Å². The van der Waals surface area contributed by atoms with Crippen LogP contribution in [0.3, 0.4) is 0 Å². The highest BCUT2D eigenvalue weighted by Gasteiger charge is 2.30. The molecule has 1 heteroatoms. The van der Waals surface area contributed by atoms with Crippen molar-refractivity contribution in [3.05, 3.63) is 21.4 Å². The molecule has 0 saturated heterocycles. The first kappa shape index (κ1) is 9.26. The van der Waals surface area contributed by atoms with Crippen LogP contribution < -0.4 is 0 Å². The van der Waals surface area contributed by atoms with Crippen LogP contribution >= 0.6 is 11.3 Å². The molecule has 1 aromatic rings. The third-order valence-electron chi connectivity index (χ3n) is 2.79. The molecule has 0 radical (unpaired) electrons. The van der Waals surface area contributed by atoms with Gasteiger partial charge in [0.1, 0.15) is 0 Å². The standard InChI is InChI=1S/C12H18S/c1-8(2)10-5-9-6-12(3,4)7-11(9)13-10/h5,8H,6-7H2,1-4H3. The summed E-state index contributed by atoms with van der Waals surface area (Å²) in [6.45, 7) is 9.31. The van der Waals surface area contributed by atoms with E-state index in [1.807, 2.05) is 11.3 Å². The highest BCUT2D eigenvalue weighted by atomic mass is 32.1. The fraction of sp³-hybridized carbons (Fsp3) is 0.667. The van der Waals surface area contributed by atoms with Crippen molar-refractivity contribution in [2.45, 2.75) is 46.5 Å². The summed E-state index contributed by atoms with van der Waals surface area (Å²) < 4.78 is 0. The zero-order valence-corrected chi connectivity index (χ0v) is 9.79. The number of hydrogen-bond donors (Lipinski definition) is 0. The normalized spacial score (nSPS) is 19.5. The van der Waals surface area contributed by atoms with Gasteiger partial charge in [0.2, 0.25) is 0 Å². The van der Waals surface area contributed by atoms with Gasteiger partial charge in [0.25, 0.3) is 0 Å². The molecule has 72 valence electrons. The van der Waals surface area contributed by atoms with E-state index in [0.717, 1.165) is 0 Å². The summed E-state index contributed by atoms with van der Waals surface area (Å²) in [7, 11) is 0. The van der Waals surface area contributed by atoms with Gasteiger partial charge in [-0.05, 0) is 35.8 Å². The molecule has 1 aliphatic rings. The summed E-state index contributed by atoms with van der Waals surface area (Å²) in [5.41, 5.74) is 2.15. The Labute approximate surface area is 85.0 Å². The maximum atomic E-state index is 2.43. The van der Waals surface area contributed by atoms with Gasteiger partial charge in [-0.2, -0.15) is 0 Å². The minimum Gasteiger partial charge on any atom is -0.145 e. The smallest absolute Gasteiger partial charge is 0.00859 e. The van der Waals surface area contributed by atoms with Crippen LogP contribution in [0.25, 0.3) is 0 Å². The molecule has 0 spiro atoms. The Kier molecular flexibility index (Phi) is 2.03. The average Bonchev–Trinajstić information content (AvgIpc) is 2.39. The fourth-order valence-corrected chi connectivity index (χ4v) is 3.53. The molecule has 0 saturated carbocycles. The molecule has 0 amide bonds. The van der Waals surface area contributed by atoms with E-state index in [1.165, 1.54) is 12.8 Å². The van der Waals surface area contributed by atoms with Gasteiger partial charge in [0.05, 0.1) is 0 Å². The molecular weight excluding hydrogens is 176 g/mol. The Balaban J connectivity index is 2.29. The van der Waals surface area contributed by atoms with Crippen molar-refractivity contribution in [2.75, 3.05) is 0 Å². The second kappa shape index (κ2) is 2.84. The van der Waals surface area contributed by atoms with E-state index in [9.17, 15) is 0 Å². The highest BCUT2D eigenvalue weighted by molar-refractivity contribution is 7.12. The predicted molar refractivity (Wildman–Crippen MR) is 59.6 cm³/mol. The van der Waals surface area contributed by atoms with Gasteiger partial charge >= 0.3 is 0 Å². The quantitative estimate of drug-likeness (QED) is 0.634. The van der Waals surface area contributed by atoms with E-state index in [-0.39, 0.29) is 0 Å². The number of fused-ring (bicyclic) bond motifs is 1. The molecule has 0 aromatic carbocycles. The van der Waals surface area contributed by atoms with Crippen LogP contribution in [0.5, 0.6) is 0 Å². The van der Waals surface area contributed by atoms with Crippen molar-refractivity contribution in [1.29, 1.82) is 0 Å². The molecular formula is C12H18S. The van der Waals surface area contributed by atoms with Gasteiger partial charge in [0, 0.05) is 9.75 Å². The molecule has 0 atom stereocenters. The summed E-state index contributed by atoms with van der Waals surface area (Å²) in [6, 6.07) is 2.43. The van der Waals surface area contributed by atoms with Crippen LogP contribution in [0, 0.1) is 5.41 Å². The maximum Gasteiger partial charge on any atom is 0.00859 e. The molecule has 0 unspecified atom stereocenters. The molecule has 1 heterocycles. The summed E-state index contributed by atoms with van der Waals surface area (Å²) in [6.07, 6.45) is 2.57. The monoisotopic (exact) mass is 194 g/mol. The van der Waals surface area contributed by atoms with Crippen LogP contribution in [0.15, 0.2) is 6.07 Å². The number of hydrogen-bond acceptors (Lipinski definition) is 1. The first-order valence-electron chi connectivity index (χ1n) is 5.09. The summed E-state index contributed by atoms with van der Waals surface area (Å²) >= 11 is 2.03. The van der Waals surface area contributed by atoms with Gasteiger partial charge in [-0.25, -0.2) is 0 Å². The Morgan fingerprint density at radius 2 is 2.00 bits per heavy atom. The lowest BCUT2D eigenvalue weighted by molar-refractivity contribution is 0.393. The van der Waals surface area contributed by atoms with Crippen LogP contribution in [0.4, 0.5) is 0 Å². The zero-order chi connectivity index (χ0) is 9.64. The molecule has 13 heavy (non-hydrogen) atoms. The second-order valence-electron chi connectivity index (χ2n) is 5.27. The zero-order valence-electron chi connectivity index (χ0n) is 8.98. The lowest BCUT2D eigenvalue weighted by Gasteiger charge is -2.15. The van der Waals surface area contributed by atoms with Gasteiger partial charge in [-0.1, -0.05) is 27.7 Å². The number of rotatable bonds is 1. The SMILES string of the molecule is CC(C)c1cc2c(s1)CC(C)(C)C2. The minimum absolute atomic E-state index is 0.524. The topological polar surface area (TPSA) is 0 Å². The van der Waals surface area contributed by atoms with E-state index in [4.69, 9.17) is 0 Å². The van der Waals surface area contributed by atoms with E-state index >= 15 is 0 Å². The fourth-order valence-electron chi connectivity index (χ4n) is 2.09. The molecule has 1 aliphatic carbocycles. The third kappa shape index (κ3) is 1.67. The van der Waals surface area contributed by atoms with Crippen molar-refractivity contribution >= 4 is 11.3 Å². The third-order valence-corrected chi connectivity index (χ3v) is 4.27. The Morgan fingerprint density at radius 1 is 1.31 bits per heavy atom. The van der Waals surface area contributed by atoms with Crippen molar-refractivity contribution in [3.63, 3.8) is 0 Å². The van der Waals surface area contributed by atoms with Crippen molar-refractivity contribution in [1.82, 2.24) is 0 Å². The Morgan fingerprint density at radius 3 is 2.54 bits per heavy atom. The Hall–Kier alpha value is -0.300. The van der Waals surface area contributed by atoms with Gasteiger partial charge in [-0.3, -0.25) is 0 Å². The predicted octanol–water partition coefficient (Wildman–Crippen LogP) is 4.00. The first-order valence-corrected chi connectivity index (χ1v) is 5.91. The molecule has 0 bridgehead atoms. The van der Waals surface area contributed by atoms with E-state index in [2.05, 4.69) is 33.8 Å². The van der Waals surface area contributed by atoms with Crippen LogP contribution in [-0.2, 0) is 12.8 Å². The van der Waals surface area contributed by atoms with Crippen molar-refractivity contribution < 1.29 is 0 Å². The van der Waals surface area contributed by atoms with Crippen molar-refractivity contribution in [2.24, 2.45) is 5.41 Å². The molecule has 0 aliphatic heterocycles. The molecule has 0 fully saturated rings. The second-order valence-corrected chi connectivity index (χ2v) is 6.44. The summed E-state index contributed by atoms with van der Waals surface area (Å²) in [5.74, 6) is 0.707. The summed E-state index contributed by atoms with van der Waals surface area (Å²) in [4.78, 5) is 3.22. The maximum absolute atomic E-state index is 2.43. The van der Waals surface area contributed by atoms with E-state index in [1.54, 1.807) is 15.3 Å². The summed E-state index contributed by atoms with van der Waals surface area (Å²) in [5, 5.41) is 0. The molecule has 0 nitrogen and oxygen atoms in total. The van der Waals surface area contributed by atoms with Gasteiger partial charge < -0.3 is 0 Å². The van der Waals surface area contributed by atoms with Gasteiger partial charge in [-0.15, -0.1) is 11.3 Å². The lowest BCUT2D eigenvalue weighted by atomic mass is 9.90. The average molecular weight is 194 g/mol.